The fourth-order valence-electron chi connectivity index (χ4n) is 1.98. The number of likely N-dealkylation sites (tertiary alicyclic amines) is 1. The van der Waals surface area contributed by atoms with Crippen molar-refractivity contribution in [2.75, 3.05) is 19.6 Å². The second kappa shape index (κ2) is 4.97. The molecule has 2 heteroatoms. The first-order valence-corrected chi connectivity index (χ1v) is 5.62. The Morgan fingerprint density at radius 3 is 1.92 bits per heavy atom. The first-order chi connectivity index (χ1) is 6.17. The molecular formula is C11H24N2. The molecule has 0 aromatic rings. The average molecular weight is 184 g/mol. The zero-order chi connectivity index (χ0) is 9.73. The molecule has 0 aromatic carbocycles. The van der Waals surface area contributed by atoms with Crippen molar-refractivity contribution in [3.63, 3.8) is 0 Å². The number of nitrogens with zero attached hydrogens (tertiary/aromatic N) is 1. The number of rotatable bonds is 2. The fraction of sp³-hybridized carbons (Fsp3) is 1.00. The third kappa shape index (κ3) is 3.28. The van der Waals surface area contributed by atoms with Crippen molar-refractivity contribution in [2.24, 2.45) is 5.73 Å². The van der Waals surface area contributed by atoms with E-state index >= 15 is 0 Å². The van der Waals surface area contributed by atoms with Crippen LogP contribution >= 0.6 is 0 Å². The largest absolute Gasteiger partial charge is 0.329 e. The molecule has 0 unspecified atom stereocenters. The molecule has 0 radical (unpaired) electrons. The molecule has 0 spiro atoms. The molecule has 0 aromatic heterocycles. The third-order valence-electron chi connectivity index (χ3n) is 3.21. The highest BCUT2D eigenvalue weighted by Gasteiger charge is 2.24. The SMILES string of the molecule is CC(C)(CN)N1CCCCCCC1. The summed E-state index contributed by atoms with van der Waals surface area (Å²) in [5.41, 5.74) is 5.99. The summed E-state index contributed by atoms with van der Waals surface area (Å²) in [5, 5.41) is 0. The van der Waals surface area contributed by atoms with Gasteiger partial charge in [-0.2, -0.15) is 0 Å². The molecule has 1 aliphatic rings. The third-order valence-corrected chi connectivity index (χ3v) is 3.21. The first kappa shape index (κ1) is 11.0. The number of hydrogen-bond acceptors (Lipinski definition) is 2. The van der Waals surface area contributed by atoms with Gasteiger partial charge in [0.15, 0.2) is 0 Å². The van der Waals surface area contributed by atoms with Gasteiger partial charge in [0.1, 0.15) is 0 Å². The van der Waals surface area contributed by atoms with E-state index in [2.05, 4.69) is 18.7 Å². The zero-order valence-corrected chi connectivity index (χ0v) is 9.18. The van der Waals surface area contributed by atoms with E-state index in [0.717, 1.165) is 6.54 Å². The highest BCUT2D eigenvalue weighted by Crippen LogP contribution is 2.18. The molecule has 1 saturated heterocycles. The number of nitrogens with two attached hydrogens (primary N) is 1. The predicted molar refractivity (Wildman–Crippen MR) is 57.8 cm³/mol. The summed E-state index contributed by atoms with van der Waals surface area (Å²) in [4.78, 5) is 2.56. The van der Waals surface area contributed by atoms with Crippen molar-refractivity contribution in [1.82, 2.24) is 4.90 Å². The lowest BCUT2D eigenvalue weighted by Crippen LogP contribution is -2.50. The minimum Gasteiger partial charge on any atom is -0.329 e. The molecule has 0 aliphatic carbocycles. The summed E-state index contributed by atoms with van der Waals surface area (Å²) < 4.78 is 0. The van der Waals surface area contributed by atoms with Crippen LogP contribution in [-0.2, 0) is 0 Å². The van der Waals surface area contributed by atoms with Gasteiger partial charge in [0.05, 0.1) is 0 Å². The summed E-state index contributed by atoms with van der Waals surface area (Å²) in [7, 11) is 0. The normalized spacial score (nSPS) is 22.4. The number of hydrogen-bond donors (Lipinski definition) is 1. The van der Waals surface area contributed by atoms with Crippen molar-refractivity contribution < 1.29 is 0 Å². The second-order valence-corrected chi connectivity index (χ2v) is 4.77. The van der Waals surface area contributed by atoms with Gasteiger partial charge in [-0.3, -0.25) is 4.90 Å². The molecule has 2 N–H and O–H groups in total. The Balaban J connectivity index is 2.45. The summed E-state index contributed by atoms with van der Waals surface area (Å²) in [6, 6.07) is 0. The molecule has 1 fully saturated rings. The summed E-state index contributed by atoms with van der Waals surface area (Å²) in [6.45, 7) is 7.77. The molecule has 0 amide bonds. The van der Waals surface area contributed by atoms with Crippen LogP contribution in [0.3, 0.4) is 0 Å². The maximum Gasteiger partial charge on any atom is 0.0275 e. The highest BCUT2D eigenvalue weighted by molar-refractivity contribution is 4.82. The first-order valence-electron chi connectivity index (χ1n) is 5.62. The fourth-order valence-corrected chi connectivity index (χ4v) is 1.98. The van der Waals surface area contributed by atoms with Crippen LogP contribution in [0.1, 0.15) is 46.0 Å². The van der Waals surface area contributed by atoms with Gasteiger partial charge in [0, 0.05) is 12.1 Å². The van der Waals surface area contributed by atoms with Gasteiger partial charge in [-0.15, -0.1) is 0 Å². The molecule has 1 rings (SSSR count). The Bertz CT molecular complexity index is 135. The molecule has 0 bridgehead atoms. The van der Waals surface area contributed by atoms with Crippen LogP contribution in [0.25, 0.3) is 0 Å². The summed E-state index contributed by atoms with van der Waals surface area (Å²) in [6.07, 6.45) is 6.93. The quantitative estimate of drug-likeness (QED) is 0.711. The van der Waals surface area contributed by atoms with Crippen LogP contribution in [0.15, 0.2) is 0 Å². The van der Waals surface area contributed by atoms with E-state index in [0.29, 0.717) is 0 Å². The van der Waals surface area contributed by atoms with Crippen LogP contribution in [0.4, 0.5) is 0 Å². The lowest BCUT2D eigenvalue weighted by molar-refractivity contribution is 0.115. The Morgan fingerprint density at radius 1 is 1.00 bits per heavy atom. The highest BCUT2D eigenvalue weighted by atomic mass is 15.2. The molecule has 0 saturated carbocycles. The van der Waals surface area contributed by atoms with Gasteiger partial charge in [-0.25, -0.2) is 0 Å². The smallest absolute Gasteiger partial charge is 0.0275 e. The predicted octanol–water partition coefficient (Wildman–Crippen LogP) is 1.99. The monoisotopic (exact) mass is 184 g/mol. The maximum absolute atomic E-state index is 5.79. The molecule has 0 atom stereocenters. The second-order valence-electron chi connectivity index (χ2n) is 4.77. The lowest BCUT2D eigenvalue weighted by Gasteiger charge is -2.38. The Labute approximate surface area is 82.5 Å². The van der Waals surface area contributed by atoms with E-state index < -0.39 is 0 Å². The van der Waals surface area contributed by atoms with Gasteiger partial charge in [0.2, 0.25) is 0 Å². The van der Waals surface area contributed by atoms with Crippen LogP contribution in [0.5, 0.6) is 0 Å². The lowest BCUT2D eigenvalue weighted by atomic mass is 9.99. The Hall–Kier alpha value is -0.0800. The Morgan fingerprint density at radius 2 is 1.46 bits per heavy atom. The van der Waals surface area contributed by atoms with Crippen molar-refractivity contribution in [2.45, 2.75) is 51.5 Å². The van der Waals surface area contributed by atoms with Crippen molar-refractivity contribution in [3.05, 3.63) is 0 Å². The van der Waals surface area contributed by atoms with Gasteiger partial charge in [-0.1, -0.05) is 19.3 Å². The minimum atomic E-state index is 0.206. The molecule has 78 valence electrons. The van der Waals surface area contributed by atoms with Crippen LogP contribution in [0.2, 0.25) is 0 Å². The molecule has 2 nitrogen and oxygen atoms in total. The van der Waals surface area contributed by atoms with E-state index in [1.807, 2.05) is 0 Å². The topological polar surface area (TPSA) is 29.3 Å². The molecule has 1 aliphatic heterocycles. The van der Waals surface area contributed by atoms with Crippen molar-refractivity contribution >= 4 is 0 Å². The zero-order valence-electron chi connectivity index (χ0n) is 9.18. The maximum atomic E-state index is 5.79. The standard InChI is InChI=1S/C11H24N2/c1-11(2,10-12)13-8-6-4-3-5-7-9-13/h3-10,12H2,1-2H3. The Kier molecular flexibility index (Phi) is 4.20. The van der Waals surface area contributed by atoms with E-state index in [-0.39, 0.29) is 5.54 Å². The molecular weight excluding hydrogens is 160 g/mol. The van der Waals surface area contributed by atoms with Gasteiger partial charge in [0.25, 0.3) is 0 Å². The van der Waals surface area contributed by atoms with E-state index in [9.17, 15) is 0 Å². The van der Waals surface area contributed by atoms with E-state index in [1.54, 1.807) is 0 Å². The van der Waals surface area contributed by atoms with E-state index in [1.165, 1.54) is 45.2 Å². The molecule has 1 heterocycles. The van der Waals surface area contributed by atoms with Crippen molar-refractivity contribution in [3.8, 4) is 0 Å². The van der Waals surface area contributed by atoms with Gasteiger partial charge >= 0.3 is 0 Å². The average Bonchev–Trinajstić information content (AvgIpc) is 2.03. The van der Waals surface area contributed by atoms with Crippen molar-refractivity contribution in [1.29, 1.82) is 0 Å². The van der Waals surface area contributed by atoms with Gasteiger partial charge < -0.3 is 5.73 Å². The minimum absolute atomic E-state index is 0.206. The van der Waals surface area contributed by atoms with E-state index in [4.69, 9.17) is 5.73 Å². The van der Waals surface area contributed by atoms with Gasteiger partial charge in [-0.05, 0) is 39.8 Å². The molecule has 13 heavy (non-hydrogen) atoms. The van der Waals surface area contributed by atoms with Crippen LogP contribution in [-0.4, -0.2) is 30.1 Å². The summed E-state index contributed by atoms with van der Waals surface area (Å²) >= 11 is 0. The van der Waals surface area contributed by atoms with Crippen LogP contribution < -0.4 is 5.73 Å². The van der Waals surface area contributed by atoms with Crippen LogP contribution in [0, 0.1) is 0 Å². The summed E-state index contributed by atoms with van der Waals surface area (Å²) in [5.74, 6) is 0.